The van der Waals surface area contributed by atoms with Crippen molar-refractivity contribution >= 4 is 5.82 Å². The van der Waals surface area contributed by atoms with E-state index < -0.39 is 0 Å². The van der Waals surface area contributed by atoms with Gasteiger partial charge < -0.3 is 15.4 Å². The monoisotopic (exact) mass is 209 g/mol. The molecule has 0 aliphatic rings. The lowest BCUT2D eigenvalue weighted by atomic mass is 10.2. The fourth-order valence-corrected chi connectivity index (χ4v) is 1.44. The van der Waals surface area contributed by atoms with Crippen LogP contribution in [0.4, 0.5) is 5.82 Å². The molecule has 0 saturated heterocycles. The maximum atomic E-state index is 5.48. The van der Waals surface area contributed by atoms with Crippen molar-refractivity contribution in [3.05, 3.63) is 17.7 Å². The third-order valence-corrected chi connectivity index (χ3v) is 2.31. The molecule has 4 heteroatoms. The van der Waals surface area contributed by atoms with Gasteiger partial charge >= 0.3 is 0 Å². The van der Waals surface area contributed by atoms with E-state index >= 15 is 0 Å². The first-order valence-electron chi connectivity index (χ1n) is 5.12. The molecule has 2 N–H and O–H groups in total. The molecule has 15 heavy (non-hydrogen) atoms. The van der Waals surface area contributed by atoms with Gasteiger partial charge in [0.2, 0.25) is 5.88 Å². The summed E-state index contributed by atoms with van der Waals surface area (Å²) in [5, 5.41) is 0. The van der Waals surface area contributed by atoms with Crippen LogP contribution in [0.25, 0.3) is 0 Å². The number of rotatable bonds is 5. The zero-order valence-electron chi connectivity index (χ0n) is 9.66. The van der Waals surface area contributed by atoms with Crippen molar-refractivity contribution in [3.63, 3.8) is 0 Å². The smallest absolute Gasteiger partial charge is 0.214 e. The van der Waals surface area contributed by atoms with Gasteiger partial charge in [0.05, 0.1) is 7.11 Å². The first-order valence-corrected chi connectivity index (χ1v) is 5.12. The number of aryl methyl sites for hydroxylation is 1. The molecule has 0 amide bonds. The minimum absolute atomic E-state index is 0.648. The minimum Gasteiger partial charge on any atom is -0.481 e. The number of hydrogen-bond acceptors (Lipinski definition) is 4. The molecular weight excluding hydrogens is 190 g/mol. The van der Waals surface area contributed by atoms with Gasteiger partial charge in [-0.3, -0.25) is 0 Å². The average molecular weight is 209 g/mol. The number of nitrogens with zero attached hydrogens (tertiary/aromatic N) is 2. The van der Waals surface area contributed by atoms with Crippen molar-refractivity contribution in [3.8, 4) is 5.88 Å². The predicted octanol–water partition coefficient (Wildman–Crippen LogP) is 1.18. The summed E-state index contributed by atoms with van der Waals surface area (Å²) in [6, 6.07) is 3.88. The summed E-state index contributed by atoms with van der Waals surface area (Å²) in [7, 11) is 3.64. The Morgan fingerprint density at radius 2 is 2.20 bits per heavy atom. The van der Waals surface area contributed by atoms with E-state index in [1.165, 1.54) is 0 Å². The van der Waals surface area contributed by atoms with Crippen molar-refractivity contribution in [2.24, 2.45) is 5.73 Å². The summed E-state index contributed by atoms with van der Waals surface area (Å²) in [4.78, 5) is 6.51. The maximum Gasteiger partial charge on any atom is 0.214 e. The van der Waals surface area contributed by atoms with Crippen LogP contribution in [0, 0.1) is 6.92 Å². The molecule has 0 saturated carbocycles. The van der Waals surface area contributed by atoms with Gasteiger partial charge in [0.25, 0.3) is 0 Å². The molecule has 0 bridgehead atoms. The van der Waals surface area contributed by atoms with Crippen LogP contribution in [0.2, 0.25) is 0 Å². The van der Waals surface area contributed by atoms with E-state index in [1.807, 2.05) is 26.1 Å². The Balaban J connectivity index is 2.81. The Labute approximate surface area is 91.1 Å². The summed E-state index contributed by atoms with van der Waals surface area (Å²) >= 11 is 0. The zero-order valence-corrected chi connectivity index (χ0v) is 9.66. The van der Waals surface area contributed by atoms with E-state index in [9.17, 15) is 0 Å². The van der Waals surface area contributed by atoms with Gasteiger partial charge in [-0.25, -0.2) is 0 Å². The number of nitrogens with two attached hydrogens (primary N) is 1. The second-order valence-corrected chi connectivity index (χ2v) is 3.56. The topological polar surface area (TPSA) is 51.4 Å². The van der Waals surface area contributed by atoms with Gasteiger partial charge in [-0.05, 0) is 25.5 Å². The molecule has 84 valence electrons. The van der Waals surface area contributed by atoms with Crippen LogP contribution >= 0.6 is 0 Å². The highest BCUT2D eigenvalue weighted by atomic mass is 16.5. The third-order valence-electron chi connectivity index (χ3n) is 2.31. The number of ether oxygens (including phenoxy) is 1. The van der Waals surface area contributed by atoms with E-state index in [-0.39, 0.29) is 0 Å². The fraction of sp³-hybridized carbons (Fsp3) is 0.545. The normalized spacial score (nSPS) is 10.1. The zero-order chi connectivity index (χ0) is 11.3. The van der Waals surface area contributed by atoms with Crippen molar-refractivity contribution in [2.45, 2.75) is 13.3 Å². The van der Waals surface area contributed by atoms with Crippen LogP contribution in [-0.4, -0.2) is 32.2 Å². The lowest BCUT2D eigenvalue weighted by molar-refractivity contribution is 0.398. The number of hydrogen-bond donors (Lipinski definition) is 1. The molecule has 0 spiro atoms. The molecule has 1 heterocycles. The van der Waals surface area contributed by atoms with Crippen molar-refractivity contribution in [2.75, 3.05) is 32.1 Å². The second-order valence-electron chi connectivity index (χ2n) is 3.56. The van der Waals surface area contributed by atoms with Gasteiger partial charge in [-0.1, -0.05) is 6.07 Å². The first-order chi connectivity index (χ1) is 7.19. The molecule has 0 radical (unpaired) electrons. The highest BCUT2D eigenvalue weighted by molar-refractivity contribution is 5.47. The molecule has 0 atom stereocenters. The largest absolute Gasteiger partial charge is 0.481 e. The van der Waals surface area contributed by atoms with Crippen LogP contribution in [0.5, 0.6) is 5.88 Å². The van der Waals surface area contributed by atoms with Crippen LogP contribution in [0.3, 0.4) is 0 Å². The summed E-state index contributed by atoms with van der Waals surface area (Å²) in [6.07, 6.45) is 0.967. The Morgan fingerprint density at radius 1 is 1.47 bits per heavy atom. The summed E-state index contributed by atoms with van der Waals surface area (Å²) in [6.45, 7) is 3.66. The number of methoxy groups -OCH3 is 1. The van der Waals surface area contributed by atoms with Gasteiger partial charge in [0.1, 0.15) is 5.82 Å². The summed E-state index contributed by atoms with van der Waals surface area (Å²) in [5.41, 5.74) is 6.63. The molecule has 1 aromatic rings. The van der Waals surface area contributed by atoms with Gasteiger partial charge in [-0.2, -0.15) is 4.98 Å². The Hall–Kier alpha value is -1.29. The maximum absolute atomic E-state index is 5.48. The number of aromatic nitrogens is 1. The van der Waals surface area contributed by atoms with Crippen LogP contribution in [0.1, 0.15) is 12.0 Å². The molecule has 4 nitrogen and oxygen atoms in total. The molecule has 0 fully saturated rings. The minimum atomic E-state index is 0.648. The number of anilines is 1. The van der Waals surface area contributed by atoms with Gasteiger partial charge in [0.15, 0.2) is 0 Å². The van der Waals surface area contributed by atoms with Gasteiger partial charge in [0, 0.05) is 19.7 Å². The Bertz CT molecular complexity index is 315. The number of pyridine rings is 1. The predicted molar refractivity (Wildman–Crippen MR) is 62.5 cm³/mol. The molecular formula is C11H19N3O. The SMILES string of the molecule is COc1ccc(C)c(N(C)CCCN)n1. The molecule has 0 aromatic carbocycles. The van der Waals surface area contributed by atoms with Crippen LogP contribution in [0.15, 0.2) is 12.1 Å². The van der Waals surface area contributed by atoms with Crippen molar-refractivity contribution < 1.29 is 4.74 Å². The Morgan fingerprint density at radius 3 is 2.80 bits per heavy atom. The quantitative estimate of drug-likeness (QED) is 0.791. The van der Waals surface area contributed by atoms with E-state index in [4.69, 9.17) is 10.5 Å². The standard InChI is InChI=1S/C11H19N3O/c1-9-5-6-10(15-3)13-11(9)14(2)8-4-7-12/h5-6H,4,7-8,12H2,1-3H3. The lowest BCUT2D eigenvalue weighted by Crippen LogP contribution is -2.22. The van der Waals surface area contributed by atoms with Crippen LogP contribution in [-0.2, 0) is 0 Å². The second kappa shape index (κ2) is 5.56. The molecule has 0 unspecified atom stereocenters. The Kier molecular flexibility index (Phi) is 4.37. The lowest BCUT2D eigenvalue weighted by Gasteiger charge is -2.20. The molecule has 1 aromatic heterocycles. The third kappa shape index (κ3) is 3.09. The first kappa shape index (κ1) is 11.8. The van der Waals surface area contributed by atoms with Crippen LogP contribution < -0.4 is 15.4 Å². The molecule has 0 aliphatic heterocycles. The highest BCUT2D eigenvalue weighted by Crippen LogP contribution is 2.19. The van der Waals surface area contributed by atoms with E-state index in [0.29, 0.717) is 12.4 Å². The summed E-state index contributed by atoms with van der Waals surface area (Å²) < 4.78 is 5.10. The summed E-state index contributed by atoms with van der Waals surface area (Å²) in [5.74, 6) is 1.61. The highest BCUT2D eigenvalue weighted by Gasteiger charge is 2.07. The van der Waals surface area contributed by atoms with Crippen molar-refractivity contribution in [1.29, 1.82) is 0 Å². The molecule has 1 rings (SSSR count). The fourth-order valence-electron chi connectivity index (χ4n) is 1.44. The van der Waals surface area contributed by atoms with E-state index in [0.717, 1.165) is 24.3 Å². The van der Waals surface area contributed by atoms with E-state index in [1.54, 1.807) is 7.11 Å². The molecule has 0 aliphatic carbocycles. The van der Waals surface area contributed by atoms with Crippen molar-refractivity contribution in [1.82, 2.24) is 4.98 Å². The van der Waals surface area contributed by atoms with E-state index in [2.05, 4.69) is 9.88 Å². The van der Waals surface area contributed by atoms with Gasteiger partial charge in [-0.15, -0.1) is 0 Å². The average Bonchev–Trinajstić information content (AvgIpc) is 2.26.